The normalized spacial score (nSPS) is 18.1. The SMILES string of the molecule is CC1(C)c2cc(B3OC(C)(C)C(C)(C)O3)ccc2-c2ccc(-c3nc(-c4ccccc4)c4ccccc4n3)cc21. The van der Waals surface area contributed by atoms with Gasteiger partial charge in [0.15, 0.2) is 5.82 Å². The summed E-state index contributed by atoms with van der Waals surface area (Å²) in [4.78, 5) is 10.1. The highest BCUT2D eigenvalue weighted by molar-refractivity contribution is 6.62. The molecule has 1 aliphatic carbocycles. The van der Waals surface area contributed by atoms with Crippen LogP contribution in [0.5, 0.6) is 0 Å². The summed E-state index contributed by atoms with van der Waals surface area (Å²) >= 11 is 0. The maximum atomic E-state index is 6.38. The standard InChI is InChI=1S/C35H33BN2O2/c1-33(2)28-20-23(32-37-30-15-11-10-14-27(30)31(38-32)22-12-8-7-9-13-22)16-18-25(28)26-19-17-24(21-29(26)33)36-39-34(3,4)35(5,6)40-36/h7-21H,1-6H3. The van der Waals surface area contributed by atoms with Gasteiger partial charge in [0.25, 0.3) is 0 Å². The molecular weight excluding hydrogens is 491 g/mol. The van der Waals surface area contributed by atoms with Crippen molar-refractivity contribution in [2.45, 2.75) is 58.2 Å². The first-order chi connectivity index (χ1) is 19.0. The van der Waals surface area contributed by atoms with Crippen molar-refractivity contribution in [3.05, 3.63) is 102 Å². The van der Waals surface area contributed by atoms with Crippen LogP contribution < -0.4 is 5.46 Å². The van der Waals surface area contributed by atoms with Crippen LogP contribution in [0.3, 0.4) is 0 Å². The molecule has 0 atom stereocenters. The van der Waals surface area contributed by atoms with E-state index in [1.165, 1.54) is 22.3 Å². The molecule has 2 aliphatic rings. The second-order valence-electron chi connectivity index (χ2n) is 12.6. The van der Waals surface area contributed by atoms with Crippen molar-refractivity contribution in [2.24, 2.45) is 0 Å². The van der Waals surface area contributed by atoms with Gasteiger partial charge in [-0.2, -0.15) is 0 Å². The molecule has 1 aliphatic heterocycles. The van der Waals surface area contributed by atoms with E-state index in [1.54, 1.807) is 0 Å². The van der Waals surface area contributed by atoms with Gasteiger partial charge in [-0.05, 0) is 67.5 Å². The topological polar surface area (TPSA) is 44.2 Å². The van der Waals surface area contributed by atoms with Gasteiger partial charge >= 0.3 is 7.12 Å². The summed E-state index contributed by atoms with van der Waals surface area (Å²) in [6, 6.07) is 31.9. The molecule has 198 valence electrons. The van der Waals surface area contributed by atoms with Crippen LogP contribution in [0.25, 0.3) is 44.7 Å². The monoisotopic (exact) mass is 524 g/mol. The molecule has 1 aromatic heterocycles. The zero-order valence-electron chi connectivity index (χ0n) is 23.9. The molecular formula is C35H33BN2O2. The van der Waals surface area contributed by atoms with Gasteiger partial charge in [-0.3, -0.25) is 0 Å². The fourth-order valence-corrected chi connectivity index (χ4v) is 6.04. The number of nitrogens with zero attached hydrogens (tertiary/aromatic N) is 2. The van der Waals surface area contributed by atoms with Crippen LogP contribution in [-0.2, 0) is 14.7 Å². The molecule has 5 aromatic rings. The van der Waals surface area contributed by atoms with Crippen molar-refractivity contribution in [1.29, 1.82) is 0 Å². The molecule has 0 bridgehead atoms. The van der Waals surface area contributed by atoms with Gasteiger partial charge in [0.2, 0.25) is 0 Å². The number of hydrogen-bond donors (Lipinski definition) is 0. The Labute approximate surface area is 236 Å². The Hall–Kier alpha value is -3.80. The first kappa shape index (κ1) is 25.2. The predicted octanol–water partition coefficient (Wildman–Crippen LogP) is 7.57. The Morgan fingerprint density at radius 1 is 0.600 bits per heavy atom. The van der Waals surface area contributed by atoms with Crippen LogP contribution in [0.1, 0.15) is 52.7 Å². The van der Waals surface area contributed by atoms with Crippen LogP contribution in [0.2, 0.25) is 0 Å². The molecule has 0 saturated carbocycles. The molecule has 40 heavy (non-hydrogen) atoms. The van der Waals surface area contributed by atoms with Gasteiger partial charge in [-0.15, -0.1) is 0 Å². The van der Waals surface area contributed by atoms with E-state index in [1.807, 2.05) is 18.2 Å². The molecule has 4 nitrogen and oxygen atoms in total. The van der Waals surface area contributed by atoms with Crippen molar-refractivity contribution < 1.29 is 9.31 Å². The average molecular weight is 524 g/mol. The molecule has 0 radical (unpaired) electrons. The maximum Gasteiger partial charge on any atom is 0.494 e. The third-order valence-corrected chi connectivity index (χ3v) is 9.13. The van der Waals surface area contributed by atoms with E-state index >= 15 is 0 Å². The minimum Gasteiger partial charge on any atom is -0.399 e. The van der Waals surface area contributed by atoms with Crippen molar-refractivity contribution >= 4 is 23.5 Å². The maximum absolute atomic E-state index is 6.38. The first-order valence-corrected chi connectivity index (χ1v) is 14.0. The Balaban J connectivity index is 1.31. The molecule has 7 rings (SSSR count). The Kier molecular flexibility index (Phi) is 5.42. The van der Waals surface area contributed by atoms with Gasteiger partial charge in [-0.1, -0.05) is 92.7 Å². The van der Waals surface area contributed by atoms with Crippen LogP contribution >= 0.6 is 0 Å². The highest BCUT2D eigenvalue weighted by Gasteiger charge is 2.52. The summed E-state index contributed by atoms with van der Waals surface area (Å²) in [5.74, 6) is 0.741. The van der Waals surface area contributed by atoms with Crippen LogP contribution in [0.15, 0.2) is 91.0 Å². The molecule has 1 fully saturated rings. The quantitative estimate of drug-likeness (QED) is 0.228. The van der Waals surface area contributed by atoms with Crippen molar-refractivity contribution in [1.82, 2.24) is 9.97 Å². The Morgan fingerprint density at radius 3 is 1.95 bits per heavy atom. The minimum atomic E-state index is -0.382. The van der Waals surface area contributed by atoms with Crippen molar-refractivity contribution in [3.8, 4) is 33.8 Å². The highest BCUT2D eigenvalue weighted by Crippen LogP contribution is 2.49. The van der Waals surface area contributed by atoms with Gasteiger partial charge in [0.05, 0.1) is 22.4 Å². The Morgan fingerprint density at radius 2 is 1.23 bits per heavy atom. The lowest BCUT2D eigenvalue weighted by Crippen LogP contribution is -2.41. The molecule has 0 amide bonds. The zero-order valence-corrected chi connectivity index (χ0v) is 23.9. The number of benzene rings is 4. The summed E-state index contributed by atoms with van der Waals surface area (Å²) in [5, 5.41) is 1.06. The lowest BCUT2D eigenvalue weighted by atomic mass is 9.74. The van der Waals surface area contributed by atoms with Gasteiger partial charge in [-0.25, -0.2) is 9.97 Å². The summed E-state index contributed by atoms with van der Waals surface area (Å²) in [6.07, 6.45) is 0. The van der Waals surface area contributed by atoms with Gasteiger partial charge < -0.3 is 9.31 Å². The molecule has 0 N–H and O–H groups in total. The molecule has 2 heterocycles. The summed E-state index contributed by atoms with van der Waals surface area (Å²) in [5.41, 5.74) is 9.22. The van der Waals surface area contributed by atoms with E-state index in [0.29, 0.717) is 0 Å². The number of aromatic nitrogens is 2. The largest absolute Gasteiger partial charge is 0.494 e. The fraction of sp³-hybridized carbons (Fsp3) is 0.257. The zero-order chi connectivity index (χ0) is 27.9. The lowest BCUT2D eigenvalue weighted by molar-refractivity contribution is 0.00578. The predicted molar refractivity (Wildman–Crippen MR) is 164 cm³/mol. The second-order valence-corrected chi connectivity index (χ2v) is 12.6. The van der Waals surface area contributed by atoms with Crippen molar-refractivity contribution in [2.75, 3.05) is 0 Å². The van der Waals surface area contributed by atoms with E-state index < -0.39 is 0 Å². The molecule has 0 spiro atoms. The lowest BCUT2D eigenvalue weighted by Gasteiger charge is -2.32. The summed E-state index contributed by atoms with van der Waals surface area (Å²) < 4.78 is 12.8. The second kappa shape index (κ2) is 8.60. The van der Waals surface area contributed by atoms with E-state index in [2.05, 4.69) is 114 Å². The van der Waals surface area contributed by atoms with Gasteiger partial charge in [0.1, 0.15) is 0 Å². The van der Waals surface area contributed by atoms with Gasteiger partial charge in [0, 0.05) is 21.9 Å². The molecule has 4 aromatic carbocycles. The molecule has 5 heteroatoms. The van der Waals surface area contributed by atoms with E-state index in [9.17, 15) is 0 Å². The number of para-hydroxylation sites is 1. The average Bonchev–Trinajstić information content (AvgIpc) is 3.31. The number of hydrogen-bond acceptors (Lipinski definition) is 4. The van der Waals surface area contributed by atoms with Crippen LogP contribution in [0.4, 0.5) is 0 Å². The fourth-order valence-electron chi connectivity index (χ4n) is 6.04. The summed E-state index contributed by atoms with van der Waals surface area (Å²) in [7, 11) is -0.382. The smallest absolute Gasteiger partial charge is 0.399 e. The number of fused-ring (bicyclic) bond motifs is 4. The third kappa shape index (κ3) is 3.76. The van der Waals surface area contributed by atoms with E-state index in [-0.39, 0.29) is 23.7 Å². The highest BCUT2D eigenvalue weighted by atomic mass is 16.7. The summed E-state index contributed by atoms with van der Waals surface area (Å²) in [6.45, 7) is 13.0. The molecule has 0 unspecified atom stereocenters. The van der Waals surface area contributed by atoms with Crippen LogP contribution in [0, 0.1) is 0 Å². The first-order valence-electron chi connectivity index (χ1n) is 14.0. The van der Waals surface area contributed by atoms with Crippen LogP contribution in [-0.4, -0.2) is 28.3 Å². The Bertz CT molecular complexity index is 1780. The van der Waals surface area contributed by atoms with E-state index in [4.69, 9.17) is 19.3 Å². The molecule has 1 saturated heterocycles. The van der Waals surface area contributed by atoms with Crippen molar-refractivity contribution in [3.63, 3.8) is 0 Å². The van der Waals surface area contributed by atoms with E-state index in [0.717, 1.165) is 39.0 Å². The minimum absolute atomic E-state index is 0.195. The number of rotatable bonds is 3. The third-order valence-electron chi connectivity index (χ3n) is 9.13.